The van der Waals surface area contributed by atoms with Gasteiger partial charge in [0, 0.05) is 36.1 Å². The molecule has 0 bridgehead atoms. The lowest BCUT2D eigenvalue weighted by Gasteiger charge is -2.16. The van der Waals surface area contributed by atoms with Crippen molar-refractivity contribution in [2.45, 2.75) is 39.5 Å². The van der Waals surface area contributed by atoms with E-state index in [-0.39, 0.29) is 12.2 Å². The zero-order valence-electron chi connectivity index (χ0n) is 17.7. The van der Waals surface area contributed by atoms with E-state index in [1.54, 1.807) is 30.1 Å². The minimum absolute atomic E-state index is 0.182. The van der Waals surface area contributed by atoms with Gasteiger partial charge >= 0.3 is 0 Å². The molecule has 4 rings (SSSR count). The van der Waals surface area contributed by atoms with Gasteiger partial charge in [-0.2, -0.15) is 5.10 Å². The quantitative estimate of drug-likeness (QED) is 0.378. The number of halogens is 1. The molecular weight excluding hydrogens is 453 g/mol. The van der Waals surface area contributed by atoms with Gasteiger partial charge in [0.15, 0.2) is 16.4 Å². The van der Waals surface area contributed by atoms with Gasteiger partial charge in [0.1, 0.15) is 10.8 Å². The van der Waals surface area contributed by atoms with Crippen molar-refractivity contribution < 1.29 is 14.2 Å². The van der Waals surface area contributed by atoms with Gasteiger partial charge in [-0.1, -0.05) is 11.3 Å². The summed E-state index contributed by atoms with van der Waals surface area (Å²) in [4.78, 5) is 8.54. The predicted molar refractivity (Wildman–Crippen MR) is 120 cm³/mol. The van der Waals surface area contributed by atoms with Gasteiger partial charge in [-0.15, -0.1) is 21.5 Å². The Morgan fingerprint density at radius 3 is 2.88 bits per heavy atom. The Morgan fingerprint density at radius 2 is 2.16 bits per heavy atom. The van der Waals surface area contributed by atoms with Crippen molar-refractivity contribution in [3.05, 3.63) is 62.7 Å². The van der Waals surface area contributed by atoms with E-state index in [0.29, 0.717) is 39.7 Å². The molecule has 1 unspecified atom stereocenters. The number of thiazole rings is 1. The molecule has 0 amide bonds. The minimum atomic E-state index is -1.33. The van der Waals surface area contributed by atoms with Crippen molar-refractivity contribution in [3.63, 3.8) is 0 Å². The maximum atomic E-state index is 14.4. The van der Waals surface area contributed by atoms with Crippen LogP contribution in [0.4, 0.5) is 15.3 Å². The van der Waals surface area contributed by atoms with Crippen LogP contribution in [0.1, 0.15) is 40.8 Å². The SMILES string of the molecule is CCOCc1cnc(Cn2ccc(Nc3nnc(C(C)(O)c4nc(C)cs4)s3)n2)c(F)c1. The number of nitrogens with one attached hydrogen (secondary N) is 1. The number of rotatable bonds is 9. The number of hydrogen-bond donors (Lipinski definition) is 2. The molecule has 4 aromatic rings. The van der Waals surface area contributed by atoms with Gasteiger partial charge < -0.3 is 15.2 Å². The van der Waals surface area contributed by atoms with E-state index >= 15 is 0 Å². The van der Waals surface area contributed by atoms with Crippen LogP contribution in [-0.2, 0) is 23.5 Å². The van der Waals surface area contributed by atoms with Crippen LogP contribution in [0.25, 0.3) is 0 Å². The second-order valence-electron chi connectivity index (χ2n) is 7.21. The molecule has 0 aliphatic carbocycles. The molecule has 9 nitrogen and oxygen atoms in total. The van der Waals surface area contributed by atoms with Gasteiger partial charge in [0.05, 0.1) is 18.8 Å². The summed E-state index contributed by atoms with van der Waals surface area (Å²) in [5.74, 6) is 0.117. The third-order valence-corrected chi connectivity index (χ3v) is 6.73. The second kappa shape index (κ2) is 9.36. The summed E-state index contributed by atoms with van der Waals surface area (Å²) in [5, 5.41) is 29.8. The van der Waals surface area contributed by atoms with E-state index in [9.17, 15) is 9.50 Å². The number of aryl methyl sites for hydroxylation is 1. The van der Waals surface area contributed by atoms with Crippen LogP contribution in [0.5, 0.6) is 0 Å². The van der Waals surface area contributed by atoms with E-state index in [4.69, 9.17) is 4.74 Å². The lowest BCUT2D eigenvalue weighted by molar-refractivity contribution is 0.101. The number of pyridine rings is 1. The number of nitrogens with zero attached hydrogens (tertiary/aromatic N) is 6. The molecule has 12 heteroatoms. The third-order valence-electron chi connectivity index (χ3n) is 4.51. The zero-order chi connectivity index (χ0) is 22.7. The second-order valence-corrected chi connectivity index (χ2v) is 9.05. The Labute approximate surface area is 192 Å². The number of anilines is 2. The number of ether oxygens (including phenoxy) is 1. The summed E-state index contributed by atoms with van der Waals surface area (Å²) in [6.45, 7) is 6.47. The summed E-state index contributed by atoms with van der Waals surface area (Å²) >= 11 is 2.58. The summed E-state index contributed by atoms with van der Waals surface area (Å²) in [6.07, 6.45) is 3.32. The molecule has 2 N–H and O–H groups in total. The number of aromatic nitrogens is 6. The van der Waals surface area contributed by atoms with E-state index in [0.717, 1.165) is 5.69 Å². The largest absolute Gasteiger partial charge is 0.377 e. The van der Waals surface area contributed by atoms with Crippen LogP contribution in [0.3, 0.4) is 0 Å². The monoisotopic (exact) mass is 475 g/mol. The summed E-state index contributed by atoms with van der Waals surface area (Å²) < 4.78 is 21.2. The average molecular weight is 476 g/mol. The molecule has 0 aliphatic rings. The minimum Gasteiger partial charge on any atom is -0.377 e. The van der Waals surface area contributed by atoms with Crippen molar-refractivity contribution in [1.82, 2.24) is 29.9 Å². The highest BCUT2D eigenvalue weighted by Gasteiger charge is 2.33. The maximum Gasteiger partial charge on any atom is 0.211 e. The molecule has 0 fully saturated rings. The fraction of sp³-hybridized carbons (Fsp3) is 0.350. The van der Waals surface area contributed by atoms with Gasteiger partial charge in [0.2, 0.25) is 5.13 Å². The highest BCUT2D eigenvalue weighted by molar-refractivity contribution is 7.15. The molecule has 0 aliphatic heterocycles. The Hall–Kier alpha value is -2.80. The average Bonchev–Trinajstić information content (AvgIpc) is 3.50. The van der Waals surface area contributed by atoms with Crippen molar-refractivity contribution in [3.8, 4) is 0 Å². The van der Waals surface area contributed by atoms with Crippen LogP contribution in [-0.4, -0.2) is 41.7 Å². The van der Waals surface area contributed by atoms with Crippen LogP contribution in [0.15, 0.2) is 29.9 Å². The molecule has 4 heterocycles. The molecule has 4 aromatic heterocycles. The number of hydrogen-bond acceptors (Lipinski definition) is 10. The Bertz CT molecular complexity index is 1200. The Kier molecular flexibility index (Phi) is 6.55. The van der Waals surface area contributed by atoms with Crippen LogP contribution < -0.4 is 5.32 Å². The van der Waals surface area contributed by atoms with Crippen LogP contribution in [0, 0.1) is 12.7 Å². The fourth-order valence-corrected chi connectivity index (χ4v) is 4.56. The smallest absolute Gasteiger partial charge is 0.211 e. The molecule has 0 radical (unpaired) electrons. The summed E-state index contributed by atoms with van der Waals surface area (Å²) in [6, 6.07) is 3.17. The van der Waals surface area contributed by atoms with Crippen molar-refractivity contribution in [1.29, 1.82) is 0 Å². The maximum absolute atomic E-state index is 14.4. The van der Waals surface area contributed by atoms with Crippen LogP contribution in [0.2, 0.25) is 0 Å². The molecule has 0 aromatic carbocycles. The summed E-state index contributed by atoms with van der Waals surface area (Å²) in [7, 11) is 0. The lowest BCUT2D eigenvalue weighted by atomic mass is 10.1. The van der Waals surface area contributed by atoms with Crippen LogP contribution >= 0.6 is 22.7 Å². The first-order valence-corrected chi connectivity index (χ1v) is 11.5. The highest BCUT2D eigenvalue weighted by atomic mass is 32.1. The molecule has 32 heavy (non-hydrogen) atoms. The van der Waals surface area contributed by atoms with E-state index in [1.807, 2.05) is 19.2 Å². The molecule has 168 valence electrons. The first-order chi connectivity index (χ1) is 15.3. The summed E-state index contributed by atoms with van der Waals surface area (Å²) in [5.41, 5.74) is 0.487. The molecule has 1 atom stereocenters. The molecule has 0 saturated heterocycles. The lowest BCUT2D eigenvalue weighted by Crippen LogP contribution is -2.22. The Balaban J connectivity index is 1.42. The number of aliphatic hydroxyl groups is 1. The first-order valence-electron chi connectivity index (χ1n) is 9.85. The van der Waals surface area contributed by atoms with Crippen molar-refractivity contribution in [2.75, 3.05) is 11.9 Å². The zero-order valence-corrected chi connectivity index (χ0v) is 19.4. The molecule has 0 saturated carbocycles. The first kappa shape index (κ1) is 22.4. The van der Waals surface area contributed by atoms with Gasteiger partial charge in [-0.3, -0.25) is 9.67 Å². The van der Waals surface area contributed by atoms with Gasteiger partial charge in [-0.05, 0) is 32.4 Å². The van der Waals surface area contributed by atoms with E-state index < -0.39 is 11.4 Å². The topological polar surface area (TPSA) is 111 Å². The van der Waals surface area contributed by atoms with E-state index in [2.05, 4.69) is 30.6 Å². The van der Waals surface area contributed by atoms with Gasteiger partial charge in [0.25, 0.3) is 0 Å². The molecular formula is C20H22FN7O2S2. The standard InChI is InChI=1S/C20H22FN7O2S2/c1-4-30-10-13-7-14(21)15(22-8-13)9-28-6-5-16(27-28)24-19-26-25-18(32-19)20(3,29)17-23-12(2)11-31-17/h5-8,11,29H,4,9-10H2,1-3H3,(H,24,26,27). The third kappa shape index (κ3) is 4.99. The Morgan fingerprint density at radius 1 is 1.31 bits per heavy atom. The van der Waals surface area contributed by atoms with Crippen molar-refractivity contribution >= 4 is 33.6 Å². The van der Waals surface area contributed by atoms with Crippen molar-refractivity contribution in [2.24, 2.45) is 0 Å². The normalized spacial score (nSPS) is 13.3. The highest BCUT2D eigenvalue weighted by Crippen LogP contribution is 2.34. The van der Waals surface area contributed by atoms with E-state index in [1.165, 1.54) is 28.7 Å². The fourth-order valence-electron chi connectivity index (χ4n) is 2.84. The van der Waals surface area contributed by atoms with Gasteiger partial charge in [-0.25, -0.2) is 9.37 Å². The molecule has 0 spiro atoms. The predicted octanol–water partition coefficient (Wildman–Crippen LogP) is 3.62.